The van der Waals surface area contributed by atoms with E-state index in [0.717, 1.165) is 18.2 Å². The minimum atomic E-state index is -1.32. The first kappa shape index (κ1) is 16.2. The van der Waals surface area contributed by atoms with Crippen molar-refractivity contribution in [3.63, 3.8) is 0 Å². The summed E-state index contributed by atoms with van der Waals surface area (Å²) >= 11 is 0. The highest BCUT2D eigenvalue weighted by molar-refractivity contribution is 6.00. The molecule has 2 amide bonds. The van der Waals surface area contributed by atoms with Gasteiger partial charge in [0, 0.05) is 12.6 Å². The summed E-state index contributed by atoms with van der Waals surface area (Å²) in [5, 5.41) is 22.5. The van der Waals surface area contributed by atoms with Crippen LogP contribution in [0.5, 0.6) is 0 Å². The van der Waals surface area contributed by atoms with E-state index in [2.05, 4.69) is 10.6 Å². The average molecular weight is 294 g/mol. The molecule has 0 bridgehead atoms. The van der Waals surface area contributed by atoms with Gasteiger partial charge in [-0.2, -0.15) is 0 Å². The molecule has 21 heavy (non-hydrogen) atoms. The first-order valence-corrected chi connectivity index (χ1v) is 5.90. The van der Waals surface area contributed by atoms with Crippen LogP contribution in [-0.2, 0) is 9.59 Å². The van der Waals surface area contributed by atoms with Crippen LogP contribution in [0.3, 0.4) is 0 Å². The summed E-state index contributed by atoms with van der Waals surface area (Å²) in [4.78, 5) is 44.5. The van der Waals surface area contributed by atoms with Gasteiger partial charge in [-0.15, -0.1) is 0 Å². The number of hydrogen-bond acceptors (Lipinski definition) is 4. The maximum Gasteiger partial charge on any atom is 0.335 e. The van der Waals surface area contributed by atoms with E-state index in [-0.39, 0.29) is 16.8 Å². The molecule has 1 unspecified atom stereocenters. The summed E-state index contributed by atoms with van der Waals surface area (Å²) in [5.74, 6) is -3.63. The van der Waals surface area contributed by atoms with E-state index >= 15 is 0 Å². The van der Waals surface area contributed by atoms with Crippen molar-refractivity contribution in [2.75, 3.05) is 5.32 Å². The first-order valence-electron chi connectivity index (χ1n) is 5.90. The number of hydrogen-bond donors (Lipinski definition) is 4. The lowest BCUT2D eigenvalue weighted by molar-refractivity contribution is -0.124. The molecule has 0 aliphatic heterocycles. The van der Waals surface area contributed by atoms with Crippen molar-refractivity contribution in [1.29, 1.82) is 0 Å². The minimum Gasteiger partial charge on any atom is -0.478 e. The molecule has 112 valence electrons. The summed E-state index contributed by atoms with van der Waals surface area (Å²) in [6.45, 7) is 2.69. The Balaban J connectivity index is 3.02. The Kier molecular flexibility index (Phi) is 5.01. The number of amides is 2. The molecule has 4 N–H and O–H groups in total. The normalized spacial score (nSPS) is 11.3. The van der Waals surface area contributed by atoms with Gasteiger partial charge in [-0.3, -0.25) is 9.59 Å². The van der Waals surface area contributed by atoms with E-state index in [1.54, 1.807) is 0 Å². The fourth-order valence-corrected chi connectivity index (χ4v) is 1.57. The van der Waals surface area contributed by atoms with E-state index in [4.69, 9.17) is 10.2 Å². The van der Waals surface area contributed by atoms with Crippen LogP contribution in [-0.4, -0.2) is 40.0 Å². The average Bonchev–Trinajstić information content (AvgIpc) is 2.37. The van der Waals surface area contributed by atoms with Crippen molar-refractivity contribution in [1.82, 2.24) is 5.32 Å². The molecule has 0 fully saturated rings. The number of benzene rings is 1. The molecule has 0 heterocycles. The van der Waals surface area contributed by atoms with Crippen LogP contribution in [0.2, 0.25) is 0 Å². The molecular formula is C13H14N2O6. The van der Waals surface area contributed by atoms with Crippen LogP contribution >= 0.6 is 0 Å². The lowest BCUT2D eigenvalue weighted by Gasteiger charge is -2.13. The van der Waals surface area contributed by atoms with Crippen LogP contribution in [0.4, 0.5) is 5.69 Å². The van der Waals surface area contributed by atoms with Gasteiger partial charge in [0.2, 0.25) is 11.8 Å². The maximum atomic E-state index is 11.8. The van der Waals surface area contributed by atoms with E-state index in [9.17, 15) is 19.2 Å². The molecule has 0 saturated carbocycles. The van der Waals surface area contributed by atoms with E-state index < -0.39 is 29.8 Å². The zero-order chi connectivity index (χ0) is 16.2. The molecule has 0 radical (unpaired) electrons. The molecule has 1 rings (SSSR count). The van der Waals surface area contributed by atoms with Crippen molar-refractivity contribution in [3.8, 4) is 0 Å². The molecule has 0 spiro atoms. The van der Waals surface area contributed by atoms with Gasteiger partial charge in [0.25, 0.3) is 0 Å². The molecule has 0 saturated heterocycles. The number of carbonyl (C=O) groups excluding carboxylic acids is 2. The molecule has 1 aromatic rings. The van der Waals surface area contributed by atoms with Crippen LogP contribution in [0, 0.1) is 0 Å². The highest BCUT2D eigenvalue weighted by Crippen LogP contribution is 2.16. The van der Waals surface area contributed by atoms with Crippen LogP contribution in [0.25, 0.3) is 0 Å². The van der Waals surface area contributed by atoms with Gasteiger partial charge in [-0.25, -0.2) is 9.59 Å². The zero-order valence-corrected chi connectivity index (χ0v) is 11.3. The summed E-state index contributed by atoms with van der Waals surface area (Å²) in [7, 11) is 0. The van der Waals surface area contributed by atoms with Crippen molar-refractivity contribution in [3.05, 3.63) is 29.3 Å². The molecule has 0 aliphatic carbocycles. The number of carboxylic acids is 2. The summed E-state index contributed by atoms with van der Waals surface area (Å²) in [5.41, 5.74) is -0.510. The number of aromatic carboxylic acids is 2. The van der Waals surface area contributed by atoms with Gasteiger partial charge < -0.3 is 20.8 Å². The smallest absolute Gasteiger partial charge is 0.335 e. The lowest BCUT2D eigenvalue weighted by atomic mass is 10.1. The Morgan fingerprint density at radius 3 is 1.86 bits per heavy atom. The maximum absolute atomic E-state index is 11.8. The van der Waals surface area contributed by atoms with Gasteiger partial charge in [-0.1, -0.05) is 0 Å². The Hall–Kier alpha value is -2.90. The zero-order valence-electron chi connectivity index (χ0n) is 11.3. The summed E-state index contributed by atoms with van der Waals surface area (Å²) in [6, 6.07) is 2.40. The SMILES string of the molecule is CC(=O)NC(C)C(=O)Nc1cc(C(=O)O)cc(C(=O)O)c1. The van der Waals surface area contributed by atoms with Crippen molar-refractivity contribution >= 4 is 29.4 Å². The number of rotatable bonds is 5. The van der Waals surface area contributed by atoms with Crippen molar-refractivity contribution in [2.24, 2.45) is 0 Å². The number of carbonyl (C=O) groups is 4. The molecule has 8 heteroatoms. The third-order valence-corrected chi connectivity index (χ3v) is 2.51. The molecule has 8 nitrogen and oxygen atoms in total. The Morgan fingerprint density at radius 1 is 1.00 bits per heavy atom. The highest BCUT2D eigenvalue weighted by Gasteiger charge is 2.16. The van der Waals surface area contributed by atoms with Crippen LogP contribution < -0.4 is 10.6 Å². The Bertz CT molecular complexity index is 578. The predicted molar refractivity (Wildman–Crippen MR) is 72.3 cm³/mol. The topological polar surface area (TPSA) is 133 Å². The Morgan fingerprint density at radius 2 is 1.48 bits per heavy atom. The van der Waals surface area contributed by atoms with Crippen LogP contribution in [0.1, 0.15) is 34.6 Å². The lowest BCUT2D eigenvalue weighted by Crippen LogP contribution is -2.40. The minimum absolute atomic E-state index is 0.0227. The molecule has 0 aliphatic rings. The molecular weight excluding hydrogens is 280 g/mol. The van der Waals surface area contributed by atoms with Gasteiger partial charge >= 0.3 is 11.9 Å². The van der Waals surface area contributed by atoms with E-state index in [1.807, 2.05) is 0 Å². The van der Waals surface area contributed by atoms with E-state index in [0.29, 0.717) is 0 Å². The molecule has 1 atom stereocenters. The predicted octanol–water partition coefficient (Wildman–Crippen LogP) is 0.546. The molecule has 0 aromatic heterocycles. The highest BCUT2D eigenvalue weighted by atomic mass is 16.4. The Labute approximate surface area is 119 Å². The number of anilines is 1. The second kappa shape index (κ2) is 6.51. The van der Waals surface area contributed by atoms with E-state index in [1.165, 1.54) is 13.8 Å². The summed E-state index contributed by atoms with van der Waals surface area (Å²) in [6.07, 6.45) is 0. The van der Waals surface area contributed by atoms with Gasteiger partial charge in [-0.05, 0) is 25.1 Å². The standard InChI is InChI=1S/C13H14N2O6/c1-6(14-7(2)16)11(17)15-10-4-8(12(18)19)3-9(5-10)13(20)21/h3-6H,1-2H3,(H,14,16)(H,15,17)(H,18,19)(H,20,21). The van der Waals surface area contributed by atoms with Crippen molar-refractivity contribution < 1.29 is 29.4 Å². The van der Waals surface area contributed by atoms with Crippen molar-refractivity contribution in [2.45, 2.75) is 19.9 Å². The second-order valence-corrected chi connectivity index (χ2v) is 4.32. The second-order valence-electron chi connectivity index (χ2n) is 4.32. The monoisotopic (exact) mass is 294 g/mol. The largest absolute Gasteiger partial charge is 0.478 e. The van der Waals surface area contributed by atoms with Crippen LogP contribution in [0.15, 0.2) is 18.2 Å². The fraction of sp³-hybridized carbons (Fsp3) is 0.231. The first-order chi connectivity index (χ1) is 9.70. The van der Waals surface area contributed by atoms with Gasteiger partial charge in [0.15, 0.2) is 0 Å². The number of nitrogens with one attached hydrogen (secondary N) is 2. The fourth-order valence-electron chi connectivity index (χ4n) is 1.57. The third kappa shape index (κ3) is 4.60. The number of carboxylic acid groups (broad SMARTS) is 2. The summed E-state index contributed by atoms with van der Waals surface area (Å²) < 4.78 is 0. The third-order valence-electron chi connectivity index (χ3n) is 2.51. The molecule has 1 aromatic carbocycles. The van der Waals surface area contributed by atoms with Gasteiger partial charge in [0.1, 0.15) is 6.04 Å². The van der Waals surface area contributed by atoms with Gasteiger partial charge in [0.05, 0.1) is 11.1 Å². The quantitative estimate of drug-likeness (QED) is 0.626.